The van der Waals surface area contributed by atoms with Gasteiger partial charge in [0, 0.05) is 49.4 Å². The number of pyridine rings is 1. The van der Waals surface area contributed by atoms with Gasteiger partial charge in [0.2, 0.25) is 0 Å². The van der Waals surface area contributed by atoms with Crippen LogP contribution in [0.25, 0.3) is 33.2 Å². The van der Waals surface area contributed by atoms with Gasteiger partial charge < -0.3 is 20.2 Å². The van der Waals surface area contributed by atoms with Crippen molar-refractivity contribution in [2.45, 2.75) is 25.5 Å². The van der Waals surface area contributed by atoms with Crippen molar-refractivity contribution in [2.24, 2.45) is 12.2 Å². The molecule has 2 N–H and O–H groups in total. The van der Waals surface area contributed by atoms with Crippen molar-refractivity contribution in [3.63, 3.8) is 0 Å². The Bertz CT molecular complexity index is 1480. The first-order valence-electron chi connectivity index (χ1n) is 12.5. The van der Waals surface area contributed by atoms with Crippen LogP contribution in [0.5, 0.6) is 0 Å². The molecule has 4 heterocycles. The molecule has 0 amide bonds. The van der Waals surface area contributed by atoms with E-state index in [2.05, 4.69) is 26.5 Å². The Hall–Kier alpha value is -3.82. The highest BCUT2D eigenvalue weighted by Gasteiger charge is 2.33. The second-order valence-electron chi connectivity index (χ2n) is 9.79. The molecule has 190 valence electrons. The van der Waals surface area contributed by atoms with E-state index in [1.54, 1.807) is 16.9 Å². The molecular weight excluding hydrogens is 471 g/mol. The van der Waals surface area contributed by atoms with Crippen molar-refractivity contribution in [3.05, 3.63) is 65.9 Å². The summed E-state index contributed by atoms with van der Waals surface area (Å²) in [5, 5.41) is 21.4. The van der Waals surface area contributed by atoms with Crippen LogP contribution >= 0.6 is 0 Å². The van der Waals surface area contributed by atoms with Crippen LogP contribution in [-0.2, 0) is 11.8 Å². The van der Waals surface area contributed by atoms with Gasteiger partial charge in [0.05, 0.1) is 48.1 Å². The molecule has 6 rings (SSSR count). The molecule has 37 heavy (non-hydrogen) atoms. The first-order valence-corrected chi connectivity index (χ1v) is 12.5. The van der Waals surface area contributed by atoms with Gasteiger partial charge in [-0.3, -0.25) is 9.67 Å². The van der Waals surface area contributed by atoms with Crippen LogP contribution in [0.3, 0.4) is 0 Å². The summed E-state index contributed by atoms with van der Waals surface area (Å²) in [7, 11) is 1.81. The number of halogens is 1. The molecule has 0 saturated carbocycles. The summed E-state index contributed by atoms with van der Waals surface area (Å²) >= 11 is 0. The number of nitrogens with zero attached hydrogens (tertiary/aromatic N) is 5. The second-order valence-corrected chi connectivity index (χ2v) is 9.79. The number of nitrogens with one attached hydrogen (secondary N) is 1. The smallest absolute Gasteiger partial charge is 0.124 e. The number of oxime groups is 1. The van der Waals surface area contributed by atoms with Crippen LogP contribution < -0.4 is 10.2 Å². The summed E-state index contributed by atoms with van der Waals surface area (Å²) < 4.78 is 22.2. The largest absolute Gasteiger partial charge is 0.411 e. The van der Waals surface area contributed by atoms with E-state index in [4.69, 9.17) is 9.72 Å². The molecule has 4 aromatic rings. The zero-order chi connectivity index (χ0) is 25.5. The SMILES string of the molecule is Cc1cc(F)cc(-c2cnc3ccc(-c4cnn(C)c4/C=N/O)cc3c2N2CC[C@H]3OCCN[C@@H]3C2)c1. The fraction of sp³-hybridized carbons (Fsp3) is 0.321. The molecule has 2 atom stereocenters. The predicted octanol–water partition coefficient (Wildman–Crippen LogP) is 4.13. The van der Waals surface area contributed by atoms with Gasteiger partial charge in [-0.15, -0.1) is 0 Å². The van der Waals surface area contributed by atoms with Crippen LogP contribution in [0.15, 0.2) is 53.9 Å². The maximum absolute atomic E-state index is 14.5. The Morgan fingerprint density at radius 3 is 2.89 bits per heavy atom. The van der Waals surface area contributed by atoms with Gasteiger partial charge in [-0.2, -0.15) is 5.10 Å². The molecule has 2 aromatic carbocycles. The summed E-state index contributed by atoms with van der Waals surface area (Å²) in [4.78, 5) is 7.16. The molecule has 2 aromatic heterocycles. The lowest BCUT2D eigenvalue weighted by Crippen LogP contribution is -2.58. The van der Waals surface area contributed by atoms with E-state index in [1.165, 1.54) is 12.3 Å². The number of piperidine rings is 1. The number of hydrogen-bond acceptors (Lipinski definition) is 7. The molecule has 2 aliphatic rings. The molecule has 0 unspecified atom stereocenters. The van der Waals surface area contributed by atoms with Crippen molar-refractivity contribution in [2.75, 3.05) is 31.1 Å². The summed E-state index contributed by atoms with van der Waals surface area (Å²) in [6.45, 7) is 5.08. The van der Waals surface area contributed by atoms with Crippen molar-refractivity contribution >= 4 is 22.8 Å². The lowest BCUT2D eigenvalue weighted by atomic mass is 9.94. The average Bonchev–Trinajstić information content (AvgIpc) is 3.27. The monoisotopic (exact) mass is 500 g/mol. The minimum atomic E-state index is -0.265. The average molecular weight is 501 g/mol. The molecular formula is C28H29FN6O2. The van der Waals surface area contributed by atoms with Crippen molar-refractivity contribution < 1.29 is 14.3 Å². The van der Waals surface area contributed by atoms with Gasteiger partial charge in [0.15, 0.2) is 0 Å². The van der Waals surface area contributed by atoms with Crippen molar-refractivity contribution in [3.8, 4) is 22.3 Å². The summed E-state index contributed by atoms with van der Waals surface area (Å²) in [5.41, 5.74) is 6.91. The predicted molar refractivity (Wildman–Crippen MR) is 142 cm³/mol. The third-order valence-corrected chi connectivity index (χ3v) is 7.37. The van der Waals surface area contributed by atoms with Gasteiger partial charge in [-0.25, -0.2) is 4.39 Å². The minimum absolute atomic E-state index is 0.198. The van der Waals surface area contributed by atoms with E-state index in [1.807, 2.05) is 38.4 Å². The van der Waals surface area contributed by atoms with Gasteiger partial charge in [0.1, 0.15) is 5.82 Å². The highest BCUT2D eigenvalue weighted by atomic mass is 19.1. The lowest BCUT2D eigenvalue weighted by Gasteiger charge is -2.43. The molecule has 0 spiro atoms. The quantitative estimate of drug-likeness (QED) is 0.249. The molecule has 9 heteroatoms. The third-order valence-electron chi connectivity index (χ3n) is 7.37. The topological polar surface area (TPSA) is 87.8 Å². The maximum atomic E-state index is 14.5. The minimum Gasteiger partial charge on any atom is -0.411 e. The normalized spacial score (nSPS) is 20.0. The zero-order valence-electron chi connectivity index (χ0n) is 20.9. The highest BCUT2D eigenvalue weighted by Crippen LogP contribution is 2.40. The number of aromatic nitrogens is 3. The molecule has 8 nitrogen and oxygen atoms in total. The molecule has 2 fully saturated rings. The van der Waals surface area contributed by atoms with Crippen LogP contribution in [0, 0.1) is 12.7 Å². The van der Waals surface area contributed by atoms with Gasteiger partial charge in [-0.05, 0) is 54.3 Å². The Balaban J connectivity index is 1.55. The van der Waals surface area contributed by atoms with Crippen molar-refractivity contribution in [1.29, 1.82) is 0 Å². The van der Waals surface area contributed by atoms with Gasteiger partial charge >= 0.3 is 0 Å². The first kappa shape index (κ1) is 23.6. The number of rotatable bonds is 4. The molecule has 0 aliphatic carbocycles. The van der Waals surface area contributed by atoms with E-state index in [9.17, 15) is 9.60 Å². The molecule has 2 aliphatic heterocycles. The van der Waals surface area contributed by atoms with E-state index < -0.39 is 0 Å². The number of morpholine rings is 1. The number of anilines is 1. The van der Waals surface area contributed by atoms with Crippen molar-refractivity contribution in [1.82, 2.24) is 20.1 Å². The van der Waals surface area contributed by atoms with Gasteiger partial charge in [0.25, 0.3) is 0 Å². The highest BCUT2D eigenvalue weighted by molar-refractivity contribution is 6.02. The number of ether oxygens (including phenoxy) is 1. The first-order chi connectivity index (χ1) is 18.0. The third kappa shape index (κ3) is 4.34. The number of aryl methyl sites for hydroxylation is 2. The van der Waals surface area contributed by atoms with Gasteiger partial charge in [-0.1, -0.05) is 17.3 Å². The summed E-state index contributed by atoms with van der Waals surface area (Å²) in [6, 6.07) is 11.4. The fourth-order valence-corrected chi connectivity index (χ4v) is 5.65. The van der Waals surface area contributed by atoms with Crippen LogP contribution in [0.2, 0.25) is 0 Å². The molecule has 0 radical (unpaired) electrons. The Labute approximate surface area is 214 Å². The summed E-state index contributed by atoms with van der Waals surface area (Å²) in [5.74, 6) is -0.265. The fourth-order valence-electron chi connectivity index (χ4n) is 5.65. The van der Waals surface area contributed by atoms with E-state index >= 15 is 0 Å². The lowest BCUT2D eigenvalue weighted by molar-refractivity contribution is -0.0134. The Morgan fingerprint density at radius 1 is 1.16 bits per heavy atom. The van der Waals surface area contributed by atoms with Crippen LogP contribution in [0.1, 0.15) is 17.7 Å². The maximum Gasteiger partial charge on any atom is 0.124 e. The number of benzene rings is 2. The second kappa shape index (κ2) is 9.57. The van der Waals surface area contributed by atoms with Crippen LogP contribution in [0.4, 0.5) is 10.1 Å². The summed E-state index contributed by atoms with van der Waals surface area (Å²) in [6.07, 6.45) is 6.11. The number of fused-ring (bicyclic) bond motifs is 2. The standard InChI is InChI=1S/C28H29FN6O2/c1-17-9-19(11-20(29)10-17)23-13-31-24-4-3-18(22-14-32-34(2)26(22)15-33-36)12-21(24)28(23)35-7-5-27-25(16-35)30-6-8-37-27/h3-4,9-15,25,27,30,36H,5-8,16H2,1-2H3/b33-15+/t25-,27-/m1/s1. The van der Waals surface area contributed by atoms with Crippen LogP contribution in [-0.4, -0.2) is 64.6 Å². The molecule has 0 bridgehead atoms. The Morgan fingerprint density at radius 2 is 2.05 bits per heavy atom. The van der Waals surface area contributed by atoms with E-state index in [-0.39, 0.29) is 18.0 Å². The number of hydrogen-bond donors (Lipinski definition) is 2. The molecule has 2 saturated heterocycles. The van der Waals surface area contributed by atoms with E-state index in [0.717, 1.165) is 77.1 Å². The van der Waals surface area contributed by atoms with E-state index in [0.29, 0.717) is 5.69 Å². The Kier molecular flexibility index (Phi) is 6.10. The zero-order valence-corrected chi connectivity index (χ0v) is 20.9.